The molecule has 1 aromatic carbocycles. The lowest BCUT2D eigenvalue weighted by atomic mass is 10.1. The number of hydrogen-bond acceptors (Lipinski definition) is 6. The largest absolute Gasteiger partial charge is 0.372 e. The highest BCUT2D eigenvalue weighted by Crippen LogP contribution is 2.27. The number of ether oxygens (including phenoxy) is 1. The number of thiophene rings is 1. The van der Waals surface area contributed by atoms with Gasteiger partial charge < -0.3 is 15.0 Å². The molecule has 3 aromatic rings. The molecule has 0 radical (unpaired) electrons. The summed E-state index contributed by atoms with van der Waals surface area (Å²) in [6.45, 7) is 5.59. The minimum absolute atomic E-state index is 0.0164. The van der Waals surface area contributed by atoms with Gasteiger partial charge in [0.05, 0.1) is 29.2 Å². The van der Waals surface area contributed by atoms with Crippen molar-refractivity contribution in [2.24, 2.45) is 0 Å². The highest BCUT2D eigenvalue weighted by Gasteiger charge is 2.26. The van der Waals surface area contributed by atoms with E-state index in [9.17, 15) is 9.59 Å². The van der Waals surface area contributed by atoms with Gasteiger partial charge in [-0.2, -0.15) is 0 Å². The molecule has 4 rings (SSSR count). The lowest BCUT2D eigenvalue weighted by Crippen LogP contribution is -2.48. The van der Waals surface area contributed by atoms with E-state index in [0.717, 1.165) is 21.1 Å². The van der Waals surface area contributed by atoms with Gasteiger partial charge in [-0.15, -0.1) is 22.7 Å². The Bertz CT molecular complexity index is 1020. The van der Waals surface area contributed by atoms with Crippen LogP contribution < -0.4 is 5.32 Å². The summed E-state index contributed by atoms with van der Waals surface area (Å²) in [5.41, 5.74) is 2.38. The molecule has 2 atom stereocenters. The van der Waals surface area contributed by atoms with Crippen molar-refractivity contribution in [2.45, 2.75) is 39.0 Å². The number of nitrogens with one attached hydrogen (secondary N) is 1. The monoisotopic (exact) mass is 455 g/mol. The van der Waals surface area contributed by atoms with Crippen molar-refractivity contribution in [2.75, 3.05) is 13.1 Å². The van der Waals surface area contributed by atoms with E-state index in [2.05, 4.69) is 10.3 Å². The quantitative estimate of drug-likeness (QED) is 0.610. The molecule has 2 aromatic heterocycles. The van der Waals surface area contributed by atoms with Gasteiger partial charge in [-0.25, -0.2) is 4.98 Å². The van der Waals surface area contributed by atoms with Crippen molar-refractivity contribution in [3.05, 3.63) is 64.0 Å². The number of aromatic nitrogens is 1. The molecule has 1 fully saturated rings. The molecule has 0 bridgehead atoms. The van der Waals surface area contributed by atoms with Crippen LogP contribution in [-0.4, -0.2) is 47.0 Å². The second kappa shape index (κ2) is 9.72. The molecule has 162 valence electrons. The minimum Gasteiger partial charge on any atom is -0.372 e. The van der Waals surface area contributed by atoms with Gasteiger partial charge in [0.2, 0.25) is 5.91 Å². The maximum Gasteiger partial charge on any atom is 0.254 e. The molecule has 8 heteroatoms. The zero-order valence-corrected chi connectivity index (χ0v) is 19.2. The zero-order chi connectivity index (χ0) is 21.8. The predicted octanol–water partition coefficient (Wildman–Crippen LogP) is 3.98. The summed E-state index contributed by atoms with van der Waals surface area (Å²) in [5, 5.41) is 7.83. The number of nitrogens with zero attached hydrogens (tertiary/aromatic N) is 2. The number of carbonyl (C=O) groups is 2. The molecule has 0 aliphatic carbocycles. The first-order valence-corrected chi connectivity index (χ1v) is 12.0. The average Bonchev–Trinajstić information content (AvgIpc) is 3.43. The van der Waals surface area contributed by atoms with Crippen LogP contribution in [0.2, 0.25) is 0 Å². The van der Waals surface area contributed by atoms with E-state index in [0.29, 0.717) is 25.2 Å². The Hall–Kier alpha value is -2.55. The number of thiazole rings is 1. The molecule has 2 unspecified atom stereocenters. The number of rotatable bonds is 6. The molecular formula is C23H25N3O3S2. The number of benzene rings is 1. The molecule has 31 heavy (non-hydrogen) atoms. The van der Waals surface area contributed by atoms with Crippen LogP contribution in [0.15, 0.2) is 47.2 Å². The standard InChI is InChI=1S/C23H25N3O3S2/c1-15-12-26(13-16(2)29-15)23(28)18-7-5-17(6-8-18)11-24-21(27)10-19-14-31-22(25-19)20-4-3-9-30-20/h3-9,14-16H,10-13H2,1-2H3,(H,24,27). The molecule has 6 nitrogen and oxygen atoms in total. The van der Waals surface area contributed by atoms with Crippen molar-refractivity contribution in [1.82, 2.24) is 15.2 Å². The molecule has 1 aliphatic rings. The van der Waals surface area contributed by atoms with Crippen LogP contribution in [0.3, 0.4) is 0 Å². The van der Waals surface area contributed by atoms with E-state index in [1.807, 2.05) is 65.9 Å². The van der Waals surface area contributed by atoms with Gasteiger partial charge in [0.1, 0.15) is 5.01 Å². The summed E-state index contributed by atoms with van der Waals surface area (Å²) in [7, 11) is 0. The number of amides is 2. The Labute approximate surface area is 189 Å². The Morgan fingerprint density at radius 2 is 1.87 bits per heavy atom. The smallest absolute Gasteiger partial charge is 0.254 e. The van der Waals surface area contributed by atoms with Gasteiger partial charge in [-0.1, -0.05) is 18.2 Å². The first kappa shape index (κ1) is 21.7. The molecule has 1 saturated heterocycles. The third-order valence-electron chi connectivity index (χ3n) is 5.02. The average molecular weight is 456 g/mol. The van der Waals surface area contributed by atoms with E-state index in [1.54, 1.807) is 22.7 Å². The highest BCUT2D eigenvalue weighted by molar-refractivity contribution is 7.20. The van der Waals surface area contributed by atoms with Crippen LogP contribution in [0.4, 0.5) is 0 Å². The first-order valence-electron chi connectivity index (χ1n) is 10.3. The maximum absolute atomic E-state index is 12.8. The molecule has 0 spiro atoms. The lowest BCUT2D eigenvalue weighted by molar-refractivity contribution is -0.120. The second-order valence-corrected chi connectivity index (χ2v) is 9.54. The molecule has 1 N–H and O–H groups in total. The van der Waals surface area contributed by atoms with Gasteiger partial charge >= 0.3 is 0 Å². The summed E-state index contributed by atoms with van der Waals surface area (Å²) in [6, 6.07) is 11.4. The van der Waals surface area contributed by atoms with E-state index in [4.69, 9.17) is 4.74 Å². The van der Waals surface area contributed by atoms with Crippen molar-refractivity contribution in [1.29, 1.82) is 0 Å². The Balaban J connectivity index is 1.28. The van der Waals surface area contributed by atoms with Crippen molar-refractivity contribution in [3.8, 4) is 9.88 Å². The minimum atomic E-state index is -0.0699. The Morgan fingerprint density at radius 1 is 1.13 bits per heavy atom. The number of carbonyl (C=O) groups excluding carboxylic acids is 2. The van der Waals surface area contributed by atoms with E-state index in [-0.39, 0.29) is 30.4 Å². The van der Waals surface area contributed by atoms with Gasteiger partial charge in [-0.05, 0) is 43.0 Å². The van der Waals surface area contributed by atoms with Crippen molar-refractivity contribution in [3.63, 3.8) is 0 Å². The fourth-order valence-electron chi connectivity index (χ4n) is 3.62. The summed E-state index contributed by atoms with van der Waals surface area (Å²) in [4.78, 5) is 32.6. The summed E-state index contributed by atoms with van der Waals surface area (Å²) < 4.78 is 5.70. The van der Waals surface area contributed by atoms with E-state index in [1.165, 1.54) is 0 Å². The Morgan fingerprint density at radius 3 is 2.55 bits per heavy atom. The third-order valence-corrected chi connectivity index (χ3v) is 6.95. The van der Waals surface area contributed by atoms with Crippen LogP contribution in [0.5, 0.6) is 0 Å². The lowest BCUT2D eigenvalue weighted by Gasteiger charge is -2.35. The fourth-order valence-corrected chi connectivity index (χ4v) is 5.25. The van der Waals surface area contributed by atoms with Crippen LogP contribution in [0, 0.1) is 0 Å². The molecule has 2 amide bonds. The summed E-state index contributed by atoms with van der Waals surface area (Å²) in [6.07, 6.45) is 0.342. The molecule has 3 heterocycles. The topological polar surface area (TPSA) is 71.5 Å². The van der Waals surface area contributed by atoms with Gasteiger partial charge in [0.15, 0.2) is 0 Å². The third kappa shape index (κ3) is 5.58. The molecule has 1 aliphatic heterocycles. The van der Waals surface area contributed by atoms with Crippen LogP contribution >= 0.6 is 22.7 Å². The highest BCUT2D eigenvalue weighted by atomic mass is 32.1. The SMILES string of the molecule is CC1CN(C(=O)c2ccc(CNC(=O)Cc3csc(-c4cccs4)n3)cc2)CC(C)O1. The van der Waals surface area contributed by atoms with Crippen LogP contribution in [0.1, 0.15) is 35.5 Å². The summed E-state index contributed by atoms with van der Waals surface area (Å²) >= 11 is 3.20. The van der Waals surface area contributed by atoms with Gasteiger partial charge in [0, 0.05) is 30.6 Å². The Kier molecular flexibility index (Phi) is 6.80. The zero-order valence-electron chi connectivity index (χ0n) is 17.5. The van der Waals surface area contributed by atoms with Gasteiger partial charge in [-0.3, -0.25) is 9.59 Å². The van der Waals surface area contributed by atoms with Gasteiger partial charge in [0.25, 0.3) is 5.91 Å². The van der Waals surface area contributed by atoms with E-state index < -0.39 is 0 Å². The predicted molar refractivity (Wildman–Crippen MR) is 123 cm³/mol. The number of hydrogen-bond donors (Lipinski definition) is 1. The number of morpholine rings is 1. The second-order valence-electron chi connectivity index (χ2n) is 7.74. The summed E-state index contributed by atoms with van der Waals surface area (Å²) in [5.74, 6) is -0.0536. The maximum atomic E-state index is 12.8. The fraction of sp³-hybridized carbons (Fsp3) is 0.348. The van der Waals surface area contributed by atoms with Crippen LogP contribution in [-0.2, 0) is 22.5 Å². The first-order chi connectivity index (χ1) is 15.0. The van der Waals surface area contributed by atoms with E-state index >= 15 is 0 Å². The van der Waals surface area contributed by atoms with Crippen LogP contribution in [0.25, 0.3) is 9.88 Å². The molecule has 0 saturated carbocycles. The molecular weight excluding hydrogens is 430 g/mol. The van der Waals surface area contributed by atoms with Crippen molar-refractivity contribution >= 4 is 34.5 Å². The van der Waals surface area contributed by atoms with Crippen molar-refractivity contribution < 1.29 is 14.3 Å². The normalized spacial score (nSPS) is 18.7.